The second kappa shape index (κ2) is 25.1. The summed E-state index contributed by atoms with van der Waals surface area (Å²) in [7, 11) is -8.23. The minimum absolute atomic E-state index is 0.0262. The van der Waals surface area contributed by atoms with Crippen molar-refractivity contribution in [3.8, 4) is 22.4 Å². The SMILES string of the molecule is Cc1c([S+](C)[O-])c(-c2cc(F)cc(N3CCN(c4ccc(NSc5ccc(N[C@H](CCN6CCC(OP(O)O)CC6)CSc6ccccc6)c(S(=O)(=O)C(F)(F)F)c5)cc4)CC3)c2)c(-c2ccc(Cl)cc2)n1C(C)C. The quantitative estimate of drug-likeness (QED) is 0.0189. The minimum atomic E-state index is -5.77. The number of nitrogens with one attached hydrogen (secondary N) is 2. The summed E-state index contributed by atoms with van der Waals surface area (Å²) in [5.41, 5.74) is 0.546. The zero-order valence-corrected chi connectivity index (χ0v) is 46.7. The van der Waals surface area contributed by atoms with E-state index < -0.39 is 51.9 Å². The van der Waals surface area contributed by atoms with Crippen LogP contribution >= 0.6 is 43.9 Å². The van der Waals surface area contributed by atoms with Gasteiger partial charge >= 0.3 is 14.1 Å². The molecule has 2 atom stereocenters. The van der Waals surface area contributed by atoms with E-state index in [4.69, 9.17) is 16.1 Å². The van der Waals surface area contributed by atoms with Crippen LogP contribution in [0.4, 0.5) is 40.3 Å². The number of hydrogen-bond donors (Lipinski definition) is 4. The Balaban J connectivity index is 0.936. The van der Waals surface area contributed by atoms with Gasteiger partial charge in [0.25, 0.3) is 9.84 Å². The number of aromatic nitrogens is 1. The van der Waals surface area contributed by atoms with Gasteiger partial charge in [0, 0.05) is 95.5 Å². The molecule has 3 heterocycles. The maximum absolute atomic E-state index is 15.7. The molecule has 6 aromatic rings. The summed E-state index contributed by atoms with van der Waals surface area (Å²) in [6, 6.07) is 33.2. The van der Waals surface area contributed by atoms with Crippen molar-refractivity contribution in [2.24, 2.45) is 0 Å². The molecule has 2 aliphatic heterocycles. The Kier molecular flexibility index (Phi) is 19.1. The van der Waals surface area contributed by atoms with Crippen LogP contribution in [0.1, 0.15) is 44.8 Å². The summed E-state index contributed by atoms with van der Waals surface area (Å²) in [6.45, 7) is 10.4. The van der Waals surface area contributed by atoms with E-state index in [1.807, 2.05) is 91.9 Å². The molecule has 0 saturated carbocycles. The van der Waals surface area contributed by atoms with Gasteiger partial charge in [-0.2, -0.15) is 13.2 Å². The van der Waals surface area contributed by atoms with Crippen molar-refractivity contribution in [3.05, 3.63) is 132 Å². The van der Waals surface area contributed by atoms with Crippen molar-refractivity contribution in [2.75, 3.05) is 77.7 Å². The van der Waals surface area contributed by atoms with E-state index in [2.05, 4.69) is 43.2 Å². The van der Waals surface area contributed by atoms with Crippen molar-refractivity contribution >= 4 is 87.7 Å². The molecule has 0 radical (unpaired) electrons. The number of nitrogens with zero attached hydrogens (tertiary/aromatic N) is 4. The summed E-state index contributed by atoms with van der Waals surface area (Å²) in [4.78, 5) is 26.1. The molecule has 4 N–H and O–H groups in total. The predicted octanol–water partition coefficient (Wildman–Crippen LogP) is 12.6. The zero-order chi connectivity index (χ0) is 53.6. The normalized spacial score (nSPS) is 16.0. The maximum atomic E-state index is 15.7. The van der Waals surface area contributed by atoms with Crippen LogP contribution in [-0.2, 0) is 25.5 Å². The first kappa shape index (κ1) is 57.0. The van der Waals surface area contributed by atoms with Gasteiger partial charge in [-0.25, -0.2) is 12.8 Å². The van der Waals surface area contributed by atoms with E-state index in [1.165, 1.54) is 30.0 Å². The number of sulfone groups is 1. The summed E-state index contributed by atoms with van der Waals surface area (Å²) in [5, 5.41) is 3.76. The lowest BCUT2D eigenvalue weighted by Gasteiger charge is -2.37. The fourth-order valence-electron chi connectivity index (χ4n) is 9.70. The van der Waals surface area contributed by atoms with Crippen LogP contribution < -0.4 is 19.8 Å². The van der Waals surface area contributed by atoms with Crippen molar-refractivity contribution < 1.29 is 44.8 Å². The molecule has 8 rings (SSSR count). The summed E-state index contributed by atoms with van der Waals surface area (Å²) in [5.74, 6) is 0.0385. The molecule has 0 aliphatic carbocycles. The molecule has 22 heteroatoms. The van der Waals surface area contributed by atoms with E-state index in [-0.39, 0.29) is 22.7 Å². The number of piperazine rings is 1. The zero-order valence-electron chi connectivity index (χ0n) is 41.8. The Morgan fingerprint density at radius 1 is 0.853 bits per heavy atom. The fraction of sp³-hybridized carbons (Fsp3) is 0.358. The summed E-state index contributed by atoms with van der Waals surface area (Å²) in [6.07, 6.45) is 3.06. The molecule has 402 valence electrons. The van der Waals surface area contributed by atoms with E-state index in [0.29, 0.717) is 97.7 Å². The lowest BCUT2D eigenvalue weighted by molar-refractivity contribution is -0.0435. The first-order valence-electron chi connectivity index (χ1n) is 24.4. The summed E-state index contributed by atoms with van der Waals surface area (Å²) >= 11 is 7.40. The van der Waals surface area contributed by atoms with Crippen molar-refractivity contribution in [3.63, 3.8) is 0 Å². The number of hydrogen-bond acceptors (Lipinski definition) is 13. The first-order chi connectivity index (χ1) is 35.7. The minimum Gasteiger partial charge on any atom is -0.612 e. The molecule has 0 spiro atoms. The van der Waals surface area contributed by atoms with Crippen molar-refractivity contribution in [1.29, 1.82) is 0 Å². The van der Waals surface area contributed by atoms with E-state index in [0.717, 1.165) is 51.1 Å². The number of piperidine rings is 1. The van der Waals surface area contributed by atoms with Gasteiger partial charge in [0.1, 0.15) is 17.0 Å². The van der Waals surface area contributed by atoms with Gasteiger partial charge < -0.3 is 48.2 Å². The Bertz CT molecular complexity index is 2980. The van der Waals surface area contributed by atoms with Gasteiger partial charge in [0.2, 0.25) is 0 Å². The molecule has 0 amide bonds. The van der Waals surface area contributed by atoms with Gasteiger partial charge in [0.05, 0.1) is 28.7 Å². The molecular formula is C53H60ClF4N6O6PS4. The highest BCUT2D eigenvalue weighted by atomic mass is 35.5. The fourth-order valence-corrected chi connectivity index (χ4v) is 14.0. The third-order valence-corrected chi connectivity index (χ3v) is 18.7. The molecule has 0 bridgehead atoms. The van der Waals surface area contributed by atoms with Crippen molar-refractivity contribution in [1.82, 2.24) is 9.47 Å². The monoisotopic (exact) mass is 1150 g/mol. The van der Waals surface area contributed by atoms with Crippen molar-refractivity contribution in [2.45, 2.75) is 83.3 Å². The second-order valence-electron chi connectivity index (χ2n) is 18.7. The standard InChI is InChI=1S/C53H60ClF4N6O6PS4/c1-35(2)64-36(3)52(74(4)67)50(51(64)37-10-12-39(54)13-11-37)38-30-40(55)32-44(31-38)63-28-26-62(27-29-63)43-16-14-41(15-17-43)60-73-47-18-19-48(49(33-47)75(68,69)53(56,57)58)59-42(34-72-46-8-6-5-7-9-46)20-23-61-24-21-45(22-25-61)70-71(65)66/h5-19,30-33,35,42,45,59-60,65-66H,20-29,34H2,1-4H3/t42-,74?/m1/s1. The van der Waals surface area contributed by atoms with Gasteiger partial charge in [-0.15, -0.1) is 11.8 Å². The number of alkyl halides is 3. The van der Waals surface area contributed by atoms with Crippen LogP contribution in [0.5, 0.6) is 0 Å². The maximum Gasteiger partial charge on any atom is 0.501 e. The van der Waals surface area contributed by atoms with Gasteiger partial charge in [-0.1, -0.05) is 41.9 Å². The Morgan fingerprint density at radius 3 is 2.12 bits per heavy atom. The van der Waals surface area contributed by atoms with E-state index in [9.17, 15) is 35.9 Å². The lowest BCUT2D eigenvalue weighted by Crippen LogP contribution is -2.46. The molecule has 1 aromatic heterocycles. The number of thioether (sulfide) groups is 1. The highest BCUT2D eigenvalue weighted by Gasteiger charge is 2.48. The molecule has 12 nitrogen and oxygen atoms in total. The number of anilines is 4. The van der Waals surface area contributed by atoms with E-state index in [1.54, 1.807) is 12.3 Å². The molecule has 2 saturated heterocycles. The van der Waals surface area contributed by atoms with Crippen LogP contribution in [0, 0.1) is 12.7 Å². The summed E-state index contributed by atoms with van der Waals surface area (Å²) < 4.78 is 109. The largest absolute Gasteiger partial charge is 0.612 e. The van der Waals surface area contributed by atoms with Gasteiger partial charge in [-0.3, -0.25) is 0 Å². The molecular weight excluding hydrogens is 1090 g/mol. The number of halogens is 5. The van der Waals surface area contributed by atoms with Gasteiger partial charge in [0.15, 0.2) is 4.90 Å². The highest BCUT2D eigenvalue weighted by molar-refractivity contribution is 8.00. The molecule has 2 aliphatic rings. The lowest BCUT2D eigenvalue weighted by atomic mass is 9.99. The van der Waals surface area contributed by atoms with E-state index >= 15 is 4.39 Å². The number of benzene rings is 5. The third-order valence-electron chi connectivity index (χ3n) is 13.3. The first-order valence-corrected chi connectivity index (χ1v) is 30.8. The molecule has 75 heavy (non-hydrogen) atoms. The van der Waals surface area contributed by atoms with Gasteiger partial charge in [-0.05, 0) is 159 Å². The van der Waals surface area contributed by atoms with Crippen LogP contribution in [-0.4, -0.2) is 108 Å². The average Bonchev–Trinajstić information content (AvgIpc) is 3.73. The molecule has 2 fully saturated rings. The number of likely N-dealkylation sites (tertiary alicyclic amines) is 1. The van der Waals surface area contributed by atoms with Crippen LogP contribution in [0.3, 0.4) is 0 Å². The number of rotatable bonds is 20. The highest BCUT2D eigenvalue weighted by Crippen LogP contribution is 2.45. The Labute approximate surface area is 454 Å². The van der Waals surface area contributed by atoms with Crippen LogP contribution in [0.15, 0.2) is 135 Å². The van der Waals surface area contributed by atoms with Crippen LogP contribution in [0.2, 0.25) is 5.02 Å². The average molecular weight is 1150 g/mol. The predicted molar refractivity (Wildman–Crippen MR) is 299 cm³/mol. The third kappa shape index (κ3) is 14.1. The molecule has 1 unspecified atom stereocenters. The topological polar surface area (TPSA) is 146 Å². The Hall–Kier alpha value is -4.18. The van der Waals surface area contributed by atoms with Crippen LogP contribution in [0.25, 0.3) is 22.4 Å². The second-order valence-corrected chi connectivity index (χ2v) is 25.1. The Morgan fingerprint density at radius 2 is 1.51 bits per heavy atom. The smallest absolute Gasteiger partial charge is 0.501 e. The molecule has 5 aromatic carbocycles.